The van der Waals surface area contributed by atoms with E-state index in [1.54, 1.807) is 9.80 Å². The minimum absolute atomic E-state index is 0.0252. The minimum atomic E-state index is -0.285. The molecule has 1 aromatic carbocycles. The van der Waals surface area contributed by atoms with Crippen LogP contribution in [-0.2, 0) is 20.9 Å². The number of hydrogen-bond donors (Lipinski definition) is 1. The molecule has 1 aliphatic rings. The van der Waals surface area contributed by atoms with Crippen LogP contribution in [0.4, 0.5) is 0 Å². The average Bonchev–Trinajstić information content (AvgIpc) is 2.59. The second-order valence-electron chi connectivity index (χ2n) is 6.23. The number of rotatable bonds is 6. The summed E-state index contributed by atoms with van der Waals surface area (Å²) in [5, 5.41) is 0. The zero-order chi connectivity index (χ0) is 17.5. The lowest BCUT2D eigenvalue weighted by atomic mass is 9.96. The Labute approximate surface area is 142 Å². The van der Waals surface area contributed by atoms with Crippen LogP contribution in [0, 0.1) is 5.92 Å². The van der Waals surface area contributed by atoms with Crippen molar-refractivity contribution < 1.29 is 14.4 Å². The Hall–Kier alpha value is -2.37. The highest BCUT2D eigenvalue weighted by Gasteiger charge is 2.26. The first-order chi connectivity index (χ1) is 11.5. The lowest BCUT2D eigenvalue weighted by Crippen LogP contribution is -2.43. The van der Waals surface area contributed by atoms with Gasteiger partial charge in [0.2, 0.25) is 17.7 Å². The Morgan fingerprint density at radius 1 is 1.17 bits per heavy atom. The fourth-order valence-corrected chi connectivity index (χ4v) is 2.95. The van der Waals surface area contributed by atoms with E-state index in [2.05, 4.69) is 0 Å². The number of nitrogens with zero attached hydrogens (tertiary/aromatic N) is 2. The van der Waals surface area contributed by atoms with Crippen molar-refractivity contribution in [3.05, 3.63) is 35.9 Å². The molecule has 6 heteroatoms. The van der Waals surface area contributed by atoms with Crippen molar-refractivity contribution in [3.63, 3.8) is 0 Å². The van der Waals surface area contributed by atoms with Crippen LogP contribution in [0.1, 0.15) is 31.7 Å². The Morgan fingerprint density at radius 2 is 1.79 bits per heavy atom. The highest BCUT2D eigenvalue weighted by molar-refractivity contribution is 5.79. The third kappa shape index (κ3) is 5.08. The molecule has 0 unspecified atom stereocenters. The van der Waals surface area contributed by atoms with Crippen molar-refractivity contribution in [1.82, 2.24) is 9.80 Å². The van der Waals surface area contributed by atoms with Gasteiger partial charge in [0.25, 0.3) is 0 Å². The quantitative estimate of drug-likeness (QED) is 0.849. The zero-order valence-electron chi connectivity index (χ0n) is 14.1. The predicted molar refractivity (Wildman–Crippen MR) is 90.6 cm³/mol. The molecule has 130 valence electrons. The molecule has 0 bridgehead atoms. The molecule has 1 aliphatic heterocycles. The molecule has 1 saturated heterocycles. The SMILES string of the molecule is CC(=O)N(CCC(=O)N1CCC(C(N)=O)CC1)Cc1ccccc1. The van der Waals surface area contributed by atoms with Gasteiger partial charge in [-0.25, -0.2) is 0 Å². The van der Waals surface area contributed by atoms with E-state index in [0.717, 1.165) is 5.56 Å². The van der Waals surface area contributed by atoms with Crippen LogP contribution in [0.15, 0.2) is 30.3 Å². The number of primary amides is 1. The summed E-state index contributed by atoms with van der Waals surface area (Å²) >= 11 is 0. The van der Waals surface area contributed by atoms with E-state index in [0.29, 0.717) is 45.4 Å². The standard InChI is InChI=1S/C18H25N3O3/c1-14(22)21(13-15-5-3-2-4-6-15)12-9-17(23)20-10-7-16(8-11-20)18(19)24/h2-6,16H,7-13H2,1H3,(H2,19,24). The molecule has 2 N–H and O–H groups in total. The third-order valence-corrected chi connectivity index (χ3v) is 4.51. The predicted octanol–water partition coefficient (Wildman–Crippen LogP) is 1.15. The van der Waals surface area contributed by atoms with Gasteiger partial charge in [0.1, 0.15) is 0 Å². The number of carbonyl (C=O) groups is 3. The number of nitrogens with two attached hydrogens (primary N) is 1. The maximum absolute atomic E-state index is 12.3. The van der Waals surface area contributed by atoms with Crippen molar-refractivity contribution in [2.75, 3.05) is 19.6 Å². The van der Waals surface area contributed by atoms with Crippen LogP contribution in [0.5, 0.6) is 0 Å². The van der Waals surface area contributed by atoms with E-state index in [1.807, 2.05) is 30.3 Å². The van der Waals surface area contributed by atoms with Crippen molar-refractivity contribution in [2.24, 2.45) is 11.7 Å². The molecule has 0 spiro atoms. The second kappa shape index (κ2) is 8.47. The van der Waals surface area contributed by atoms with E-state index in [1.165, 1.54) is 6.92 Å². The monoisotopic (exact) mass is 331 g/mol. The molecule has 0 aromatic heterocycles. The van der Waals surface area contributed by atoms with Gasteiger partial charge in [-0.3, -0.25) is 14.4 Å². The Balaban J connectivity index is 1.82. The summed E-state index contributed by atoms with van der Waals surface area (Å²) in [6, 6.07) is 9.73. The number of likely N-dealkylation sites (tertiary alicyclic amines) is 1. The van der Waals surface area contributed by atoms with Crippen molar-refractivity contribution in [1.29, 1.82) is 0 Å². The van der Waals surface area contributed by atoms with Crippen LogP contribution < -0.4 is 5.73 Å². The van der Waals surface area contributed by atoms with Gasteiger partial charge in [-0.15, -0.1) is 0 Å². The van der Waals surface area contributed by atoms with Crippen molar-refractivity contribution in [3.8, 4) is 0 Å². The average molecular weight is 331 g/mol. The summed E-state index contributed by atoms with van der Waals surface area (Å²) < 4.78 is 0. The number of piperidine rings is 1. The molecular formula is C18H25N3O3. The minimum Gasteiger partial charge on any atom is -0.369 e. The Bertz CT molecular complexity index is 580. The lowest BCUT2D eigenvalue weighted by molar-refractivity contribution is -0.136. The van der Waals surface area contributed by atoms with E-state index >= 15 is 0 Å². The van der Waals surface area contributed by atoms with Gasteiger partial charge in [-0.05, 0) is 18.4 Å². The first kappa shape index (κ1) is 18.0. The molecule has 2 rings (SSSR count). The number of carbonyl (C=O) groups excluding carboxylic acids is 3. The van der Waals surface area contributed by atoms with Gasteiger partial charge < -0.3 is 15.5 Å². The van der Waals surface area contributed by atoms with Crippen molar-refractivity contribution in [2.45, 2.75) is 32.7 Å². The molecule has 0 radical (unpaired) electrons. The summed E-state index contributed by atoms with van der Waals surface area (Å²) in [5.74, 6) is -0.426. The summed E-state index contributed by atoms with van der Waals surface area (Å²) in [4.78, 5) is 38.7. The molecule has 0 aliphatic carbocycles. The van der Waals surface area contributed by atoms with Gasteiger partial charge in [-0.1, -0.05) is 30.3 Å². The fraction of sp³-hybridized carbons (Fsp3) is 0.500. The maximum atomic E-state index is 12.3. The van der Waals surface area contributed by atoms with Crippen LogP contribution in [0.3, 0.4) is 0 Å². The molecule has 1 fully saturated rings. The topological polar surface area (TPSA) is 83.7 Å². The van der Waals surface area contributed by atoms with Crippen LogP contribution in [-0.4, -0.2) is 47.2 Å². The summed E-state index contributed by atoms with van der Waals surface area (Å²) in [6.07, 6.45) is 1.55. The van der Waals surface area contributed by atoms with Gasteiger partial charge in [0.15, 0.2) is 0 Å². The first-order valence-electron chi connectivity index (χ1n) is 8.34. The molecule has 24 heavy (non-hydrogen) atoms. The summed E-state index contributed by atoms with van der Waals surface area (Å²) in [6.45, 7) is 3.55. The number of hydrogen-bond acceptors (Lipinski definition) is 3. The largest absolute Gasteiger partial charge is 0.369 e. The van der Waals surface area contributed by atoms with Crippen molar-refractivity contribution >= 4 is 17.7 Å². The van der Waals surface area contributed by atoms with Crippen LogP contribution >= 0.6 is 0 Å². The lowest BCUT2D eigenvalue weighted by Gasteiger charge is -2.31. The Morgan fingerprint density at radius 3 is 2.33 bits per heavy atom. The first-order valence-corrected chi connectivity index (χ1v) is 8.34. The molecule has 0 atom stereocenters. The molecule has 0 saturated carbocycles. The van der Waals surface area contributed by atoms with Crippen LogP contribution in [0.25, 0.3) is 0 Å². The maximum Gasteiger partial charge on any atom is 0.224 e. The highest BCUT2D eigenvalue weighted by atomic mass is 16.2. The van der Waals surface area contributed by atoms with Gasteiger partial charge in [-0.2, -0.15) is 0 Å². The molecule has 6 nitrogen and oxygen atoms in total. The molecule has 1 aromatic rings. The fourth-order valence-electron chi connectivity index (χ4n) is 2.95. The van der Waals surface area contributed by atoms with Gasteiger partial charge in [0.05, 0.1) is 0 Å². The normalized spacial score (nSPS) is 15.1. The zero-order valence-corrected chi connectivity index (χ0v) is 14.1. The second-order valence-corrected chi connectivity index (χ2v) is 6.23. The van der Waals surface area contributed by atoms with E-state index in [9.17, 15) is 14.4 Å². The van der Waals surface area contributed by atoms with E-state index in [-0.39, 0.29) is 23.6 Å². The van der Waals surface area contributed by atoms with E-state index in [4.69, 9.17) is 5.73 Å². The summed E-state index contributed by atoms with van der Waals surface area (Å²) in [7, 11) is 0. The molecule has 1 heterocycles. The number of amides is 3. The molecular weight excluding hydrogens is 306 g/mol. The smallest absolute Gasteiger partial charge is 0.224 e. The highest BCUT2D eigenvalue weighted by Crippen LogP contribution is 2.17. The van der Waals surface area contributed by atoms with Gasteiger partial charge >= 0.3 is 0 Å². The molecule has 3 amide bonds. The summed E-state index contributed by atoms with van der Waals surface area (Å²) in [5.41, 5.74) is 6.35. The third-order valence-electron chi connectivity index (χ3n) is 4.51. The van der Waals surface area contributed by atoms with E-state index < -0.39 is 0 Å². The van der Waals surface area contributed by atoms with Crippen LogP contribution in [0.2, 0.25) is 0 Å². The number of benzene rings is 1. The van der Waals surface area contributed by atoms with Gasteiger partial charge in [0, 0.05) is 45.4 Å². The Kier molecular flexibility index (Phi) is 6.35.